The highest BCUT2D eigenvalue weighted by molar-refractivity contribution is 7.86. The van der Waals surface area contributed by atoms with E-state index in [9.17, 15) is 26.3 Å². The largest absolute Gasteiger partial charge is 0.522 e. The van der Waals surface area contributed by atoms with Gasteiger partial charge in [0.1, 0.15) is 0 Å². The third-order valence-corrected chi connectivity index (χ3v) is 2.58. The second-order valence-corrected chi connectivity index (χ2v) is 5.99. The molecule has 0 unspecified atom stereocenters. The molecule has 1 fully saturated rings. The summed E-state index contributed by atoms with van der Waals surface area (Å²) in [6, 6.07) is 0. The first kappa shape index (κ1) is 22.6. The van der Waals surface area contributed by atoms with Gasteiger partial charge in [0.2, 0.25) is 0 Å². The molecule has 0 saturated carbocycles. The van der Waals surface area contributed by atoms with Crippen molar-refractivity contribution in [2.45, 2.75) is 23.9 Å². The Morgan fingerprint density at radius 2 is 0.905 bits per heavy atom. The van der Waals surface area contributed by atoms with E-state index in [-0.39, 0.29) is 0 Å². The first-order valence-corrected chi connectivity index (χ1v) is 7.53. The molecule has 1 aliphatic rings. The Morgan fingerprint density at radius 1 is 0.714 bits per heavy atom. The van der Waals surface area contributed by atoms with Crippen LogP contribution in [0.3, 0.4) is 0 Å². The molecular formula is C6H10F6O7S2. The molecule has 1 saturated heterocycles. The van der Waals surface area contributed by atoms with Gasteiger partial charge in [0.25, 0.3) is 0 Å². The monoisotopic (exact) mass is 372 g/mol. The Kier molecular flexibility index (Phi) is 8.75. The second-order valence-electron chi connectivity index (χ2n) is 3.16. The summed E-state index contributed by atoms with van der Waals surface area (Å²) in [4.78, 5) is 0. The average Bonchev–Trinajstić information content (AvgIpc) is 2.68. The Bertz CT molecular complexity index is 437. The molecule has 0 spiro atoms. The van der Waals surface area contributed by atoms with Gasteiger partial charge in [0, 0.05) is 13.2 Å². The molecule has 0 amide bonds. The number of halogens is 6. The van der Waals surface area contributed by atoms with Crippen LogP contribution in [-0.4, -0.2) is 50.2 Å². The predicted octanol–water partition coefficient (Wildman–Crippen LogP) is 1.58. The molecule has 0 aromatic rings. The zero-order valence-electron chi connectivity index (χ0n) is 9.85. The molecule has 0 aromatic heterocycles. The maximum absolute atomic E-state index is 10.7. The third-order valence-electron chi connectivity index (χ3n) is 1.41. The number of ether oxygens (including phenoxy) is 1. The van der Waals surface area contributed by atoms with Crippen molar-refractivity contribution in [2.24, 2.45) is 0 Å². The van der Waals surface area contributed by atoms with E-state index in [0.29, 0.717) is 0 Å². The van der Waals surface area contributed by atoms with Gasteiger partial charge in [-0.15, -0.1) is 0 Å². The van der Waals surface area contributed by atoms with Crippen molar-refractivity contribution >= 4 is 20.2 Å². The van der Waals surface area contributed by atoms with Crippen molar-refractivity contribution in [1.82, 2.24) is 0 Å². The van der Waals surface area contributed by atoms with E-state index in [1.165, 1.54) is 12.8 Å². The zero-order chi connectivity index (χ0) is 17.5. The van der Waals surface area contributed by atoms with Gasteiger partial charge in [-0.1, -0.05) is 0 Å². The normalized spacial score (nSPS) is 16.4. The Morgan fingerprint density at radius 3 is 0.952 bits per heavy atom. The smallest absolute Gasteiger partial charge is 0.381 e. The number of hydrogen-bond donors (Lipinski definition) is 2. The minimum atomic E-state index is -5.84. The van der Waals surface area contributed by atoms with Crippen LogP contribution < -0.4 is 0 Å². The van der Waals surface area contributed by atoms with Crippen LogP contribution in [0.25, 0.3) is 0 Å². The van der Waals surface area contributed by atoms with Crippen molar-refractivity contribution < 1.29 is 57.0 Å². The zero-order valence-corrected chi connectivity index (χ0v) is 11.5. The first-order valence-electron chi connectivity index (χ1n) is 4.65. The van der Waals surface area contributed by atoms with Crippen molar-refractivity contribution in [2.75, 3.05) is 13.2 Å². The van der Waals surface area contributed by atoms with Crippen molar-refractivity contribution in [1.29, 1.82) is 0 Å². The standard InChI is InChI=1S/C4H8O.2CHF3O3S/c1-2-4-5-3-1;2*2-1(3,4)8(5,6)7/h1-4H2;2*(H,5,6,7). The lowest BCUT2D eigenvalue weighted by Gasteiger charge is -1.97. The SMILES string of the molecule is C1CCOC1.O=S(=O)(O)C(F)(F)F.O=S(=O)(O)C(F)(F)F. The van der Waals surface area contributed by atoms with Crippen LogP contribution in [0.1, 0.15) is 12.8 Å². The minimum Gasteiger partial charge on any atom is -0.381 e. The molecule has 1 rings (SSSR count). The summed E-state index contributed by atoms with van der Waals surface area (Å²) in [5.74, 6) is 0. The highest BCUT2D eigenvalue weighted by atomic mass is 32.2. The second kappa shape index (κ2) is 8.11. The molecule has 1 heterocycles. The summed E-state index contributed by atoms with van der Waals surface area (Å²) in [6.45, 7) is 2.00. The van der Waals surface area contributed by atoms with E-state index >= 15 is 0 Å². The summed E-state index contributed by atoms with van der Waals surface area (Å²) in [7, 11) is -11.7. The van der Waals surface area contributed by atoms with E-state index in [2.05, 4.69) is 0 Å². The van der Waals surface area contributed by atoms with Crippen molar-refractivity contribution in [3.8, 4) is 0 Å². The molecule has 1 aliphatic heterocycles. The predicted molar refractivity (Wildman–Crippen MR) is 55.3 cm³/mol. The number of rotatable bonds is 0. The summed E-state index contributed by atoms with van der Waals surface area (Å²) in [6.07, 6.45) is 2.56. The summed E-state index contributed by atoms with van der Waals surface area (Å²) in [5.41, 5.74) is -11.1. The highest BCUT2D eigenvalue weighted by Crippen LogP contribution is 2.21. The van der Waals surface area contributed by atoms with Crippen LogP contribution in [0, 0.1) is 0 Å². The van der Waals surface area contributed by atoms with Gasteiger partial charge >= 0.3 is 31.3 Å². The molecule has 0 aromatic carbocycles. The van der Waals surface area contributed by atoms with Crippen LogP contribution in [0.2, 0.25) is 0 Å². The number of hydrogen-bond acceptors (Lipinski definition) is 5. The molecule has 0 aliphatic carbocycles. The molecule has 0 bridgehead atoms. The molecule has 130 valence electrons. The first-order chi connectivity index (χ1) is 9.00. The minimum absolute atomic E-state index is 1.00. The third kappa shape index (κ3) is 11.7. The van der Waals surface area contributed by atoms with Gasteiger partial charge < -0.3 is 4.74 Å². The Balaban J connectivity index is 0. The maximum Gasteiger partial charge on any atom is 0.522 e. The highest BCUT2D eigenvalue weighted by Gasteiger charge is 2.45. The number of alkyl halides is 6. The molecule has 21 heavy (non-hydrogen) atoms. The van der Waals surface area contributed by atoms with Gasteiger partial charge in [0.05, 0.1) is 0 Å². The Hall–Kier alpha value is -0.640. The lowest BCUT2D eigenvalue weighted by Crippen LogP contribution is -2.21. The molecule has 0 radical (unpaired) electrons. The lowest BCUT2D eigenvalue weighted by atomic mass is 10.4. The van der Waals surface area contributed by atoms with E-state index < -0.39 is 31.3 Å². The quantitative estimate of drug-likeness (QED) is 0.377. The fourth-order valence-corrected chi connectivity index (χ4v) is 0.510. The van der Waals surface area contributed by atoms with Gasteiger partial charge in [-0.25, -0.2) is 0 Å². The molecular weight excluding hydrogens is 362 g/mol. The van der Waals surface area contributed by atoms with Crippen molar-refractivity contribution in [3.05, 3.63) is 0 Å². The summed E-state index contributed by atoms with van der Waals surface area (Å²) in [5, 5.41) is 0. The van der Waals surface area contributed by atoms with E-state index in [1.54, 1.807) is 0 Å². The van der Waals surface area contributed by atoms with Crippen LogP contribution in [0.5, 0.6) is 0 Å². The van der Waals surface area contributed by atoms with Crippen molar-refractivity contribution in [3.63, 3.8) is 0 Å². The molecule has 7 nitrogen and oxygen atoms in total. The van der Waals surface area contributed by atoms with Crippen LogP contribution in [0.15, 0.2) is 0 Å². The molecule has 2 N–H and O–H groups in total. The maximum atomic E-state index is 10.7. The van der Waals surface area contributed by atoms with Gasteiger partial charge in [-0.05, 0) is 12.8 Å². The van der Waals surface area contributed by atoms with Gasteiger partial charge in [-0.2, -0.15) is 43.2 Å². The fraction of sp³-hybridized carbons (Fsp3) is 1.00. The topological polar surface area (TPSA) is 118 Å². The molecule has 0 atom stereocenters. The van der Waals surface area contributed by atoms with E-state index in [4.69, 9.17) is 30.7 Å². The van der Waals surface area contributed by atoms with Crippen LogP contribution >= 0.6 is 0 Å². The lowest BCUT2D eigenvalue weighted by molar-refractivity contribution is -0.0514. The van der Waals surface area contributed by atoms with Gasteiger partial charge in [-0.3, -0.25) is 9.11 Å². The molecule has 15 heteroatoms. The van der Waals surface area contributed by atoms with Crippen LogP contribution in [0.4, 0.5) is 26.3 Å². The average molecular weight is 372 g/mol. The van der Waals surface area contributed by atoms with Gasteiger partial charge in [0.15, 0.2) is 0 Å². The van der Waals surface area contributed by atoms with E-state index in [0.717, 1.165) is 13.2 Å². The van der Waals surface area contributed by atoms with Crippen LogP contribution in [-0.2, 0) is 25.0 Å². The summed E-state index contributed by atoms with van der Waals surface area (Å²) < 4.78 is 120. The summed E-state index contributed by atoms with van der Waals surface area (Å²) >= 11 is 0. The fourth-order valence-electron chi connectivity index (χ4n) is 0.510. The Labute approximate surface area is 115 Å². The van der Waals surface area contributed by atoms with E-state index in [1.807, 2.05) is 0 Å².